The zero-order valence-electron chi connectivity index (χ0n) is 20.6. The fourth-order valence-electron chi connectivity index (χ4n) is 4.52. The maximum atomic E-state index is 13.7. The molecule has 206 valence electrons. The van der Waals surface area contributed by atoms with Crippen molar-refractivity contribution in [3.8, 4) is 11.3 Å². The Morgan fingerprint density at radius 2 is 1.79 bits per heavy atom. The number of pyridine rings is 2. The zero-order valence-corrected chi connectivity index (χ0v) is 20.6. The molecule has 0 aliphatic heterocycles. The van der Waals surface area contributed by atoms with Gasteiger partial charge in [0.25, 0.3) is 5.91 Å². The number of benzene rings is 1. The molecule has 0 radical (unpaired) electrons. The maximum Gasteiger partial charge on any atom is 0.433 e. The standard InChI is InChI=1S/C26H24F6N6O/c1-2-5-17(16-6-3-4-7-19(16)25(27,28)29)20(12-33)36-24(39)15-10-18-22(37-38-23(18)35-13-15)14-8-9-34-21(11-14)26(30,31)32/h3-4,6-11,13,17,20H,2,5,12,33H2,1H3,(H,36,39)(H,35,37,38)/t17-,20+/m1/s1. The van der Waals surface area contributed by atoms with E-state index in [0.29, 0.717) is 12.8 Å². The quantitative estimate of drug-likeness (QED) is 0.244. The normalized spacial score (nSPS) is 13.8. The number of nitrogens with one attached hydrogen (secondary N) is 2. The van der Waals surface area contributed by atoms with Gasteiger partial charge in [0.2, 0.25) is 0 Å². The van der Waals surface area contributed by atoms with Gasteiger partial charge in [-0.2, -0.15) is 31.4 Å². The van der Waals surface area contributed by atoms with Crippen molar-refractivity contribution in [2.75, 3.05) is 6.54 Å². The number of amides is 1. The number of aromatic nitrogens is 4. The summed E-state index contributed by atoms with van der Waals surface area (Å²) in [5.74, 6) is -1.37. The van der Waals surface area contributed by atoms with E-state index in [4.69, 9.17) is 5.73 Å². The summed E-state index contributed by atoms with van der Waals surface area (Å²) in [5, 5.41) is 9.64. The van der Waals surface area contributed by atoms with E-state index in [0.717, 1.165) is 18.3 Å². The largest absolute Gasteiger partial charge is 0.433 e. The SMILES string of the molecule is CCC[C@H](c1ccccc1C(F)(F)F)[C@H](CN)NC(=O)c1cnc2n[nH]c(-c3ccnc(C(F)(F)F)c3)c2c1. The van der Waals surface area contributed by atoms with Gasteiger partial charge < -0.3 is 11.1 Å². The van der Waals surface area contributed by atoms with Gasteiger partial charge >= 0.3 is 12.4 Å². The first kappa shape index (κ1) is 28.0. The summed E-state index contributed by atoms with van der Waals surface area (Å²) in [6.45, 7) is 1.69. The lowest BCUT2D eigenvalue weighted by Gasteiger charge is -2.29. The average molecular weight is 551 g/mol. The molecule has 3 aromatic heterocycles. The molecule has 4 N–H and O–H groups in total. The van der Waals surface area contributed by atoms with Crippen LogP contribution in [0.25, 0.3) is 22.3 Å². The highest BCUT2D eigenvalue weighted by Gasteiger charge is 2.37. The van der Waals surface area contributed by atoms with E-state index < -0.39 is 41.5 Å². The van der Waals surface area contributed by atoms with Crippen LogP contribution in [0.2, 0.25) is 0 Å². The van der Waals surface area contributed by atoms with E-state index >= 15 is 0 Å². The first-order valence-corrected chi connectivity index (χ1v) is 12.0. The monoisotopic (exact) mass is 550 g/mol. The smallest absolute Gasteiger partial charge is 0.347 e. The topological polar surface area (TPSA) is 110 Å². The molecule has 39 heavy (non-hydrogen) atoms. The molecular weight excluding hydrogens is 526 g/mol. The molecule has 1 aromatic carbocycles. The number of fused-ring (bicyclic) bond motifs is 1. The molecule has 1 amide bonds. The Morgan fingerprint density at radius 1 is 1.05 bits per heavy atom. The van der Waals surface area contributed by atoms with Crippen molar-refractivity contribution in [2.24, 2.45) is 5.73 Å². The lowest BCUT2D eigenvalue weighted by molar-refractivity contribution is -0.141. The fourth-order valence-corrected chi connectivity index (χ4v) is 4.52. The molecule has 0 unspecified atom stereocenters. The molecule has 0 saturated heterocycles. The second-order valence-corrected chi connectivity index (χ2v) is 8.92. The van der Waals surface area contributed by atoms with Crippen LogP contribution in [-0.2, 0) is 12.4 Å². The van der Waals surface area contributed by atoms with E-state index in [2.05, 4.69) is 25.5 Å². The number of alkyl halides is 6. The number of carbonyl (C=O) groups is 1. The predicted octanol–water partition coefficient (Wildman–Crippen LogP) is 5.70. The van der Waals surface area contributed by atoms with Crippen LogP contribution in [0.5, 0.6) is 0 Å². The van der Waals surface area contributed by atoms with Crippen molar-refractivity contribution >= 4 is 16.9 Å². The molecule has 0 saturated carbocycles. The van der Waals surface area contributed by atoms with Crippen molar-refractivity contribution in [2.45, 2.75) is 44.1 Å². The van der Waals surface area contributed by atoms with E-state index in [-0.39, 0.29) is 40.0 Å². The van der Waals surface area contributed by atoms with Gasteiger partial charge in [-0.25, -0.2) is 4.98 Å². The van der Waals surface area contributed by atoms with Gasteiger partial charge in [0, 0.05) is 41.8 Å². The Bertz CT molecular complexity index is 1470. The second-order valence-electron chi connectivity index (χ2n) is 8.92. The predicted molar refractivity (Wildman–Crippen MR) is 132 cm³/mol. The summed E-state index contributed by atoms with van der Waals surface area (Å²) in [6, 6.07) is 7.94. The number of halogens is 6. The van der Waals surface area contributed by atoms with Crippen LogP contribution in [0.1, 0.15) is 52.9 Å². The highest BCUT2D eigenvalue weighted by molar-refractivity contribution is 6.00. The molecule has 2 atom stereocenters. The molecule has 0 bridgehead atoms. The van der Waals surface area contributed by atoms with E-state index in [9.17, 15) is 31.1 Å². The van der Waals surface area contributed by atoms with Gasteiger partial charge in [-0.05, 0) is 36.2 Å². The van der Waals surface area contributed by atoms with Gasteiger partial charge in [-0.3, -0.25) is 14.9 Å². The third-order valence-corrected chi connectivity index (χ3v) is 6.33. The summed E-state index contributed by atoms with van der Waals surface area (Å²) >= 11 is 0. The molecule has 0 fully saturated rings. The average Bonchev–Trinajstić information content (AvgIpc) is 3.33. The lowest BCUT2D eigenvalue weighted by Crippen LogP contribution is -2.44. The first-order valence-electron chi connectivity index (χ1n) is 12.0. The van der Waals surface area contributed by atoms with Crippen LogP contribution in [0.3, 0.4) is 0 Å². The molecule has 4 aromatic rings. The number of rotatable bonds is 8. The zero-order chi connectivity index (χ0) is 28.4. The molecule has 13 heteroatoms. The number of carbonyl (C=O) groups excluding carboxylic acids is 1. The van der Waals surface area contributed by atoms with Gasteiger partial charge in [0.1, 0.15) is 5.69 Å². The highest BCUT2D eigenvalue weighted by Crippen LogP contribution is 2.38. The van der Waals surface area contributed by atoms with Crippen molar-refractivity contribution in [3.63, 3.8) is 0 Å². The van der Waals surface area contributed by atoms with Gasteiger partial charge in [0.15, 0.2) is 5.65 Å². The molecule has 0 spiro atoms. The third kappa shape index (κ3) is 6.03. The Hall–Kier alpha value is -4.00. The third-order valence-electron chi connectivity index (χ3n) is 6.33. The van der Waals surface area contributed by atoms with Crippen LogP contribution in [0, 0.1) is 0 Å². The summed E-state index contributed by atoms with van der Waals surface area (Å²) in [4.78, 5) is 20.7. The number of aromatic amines is 1. The number of nitrogens with zero attached hydrogens (tertiary/aromatic N) is 3. The number of hydrogen-bond donors (Lipinski definition) is 3. The molecular formula is C26H24F6N6O. The van der Waals surface area contributed by atoms with Crippen molar-refractivity contribution in [1.82, 2.24) is 25.5 Å². The molecule has 3 heterocycles. The lowest BCUT2D eigenvalue weighted by atomic mass is 9.84. The Balaban J connectivity index is 1.66. The Morgan fingerprint density at radius 3 is 2.46 bits per heavy atom. The molecule has 4 rings (SSSR count). The Labute approximate surface area is 218 Å². The van der Waals surface area contributed by atoms with E-state index in [1.54, 1.807) is 0 Å². The maximum absolute atomic E-state index is 13.7. The van der Waals surface area contributed by atoms with Crippen LogP contribution in [0.15, 0.2) is 54.9 Å². The number of hydrogen-bond acceptors (Lipinski definition) is 5. The minimum Gasteiger partial charge on any atom is -0.347 e. The Kier molecular flexibility index (Phi) is 7.91. The molecule has 0 aliphatic carbocycles. The van der Waals surface area contributed by atoms with Crippen molar-refractivity contribution in [1.29, 1.82) is 0 Å². The van der Waals surface area contributed by atoms with E-state index in [1.807, 2.05) is 6.92 Å². The van der Waals surface area contributed by atoms with Crippen LogP contribution in [-0.4, -0.2) is 38.7 Å². The van der Waals surface area contributed by atoms with Gasteiger partial charge in [-0.1, -0.05) is 31.5 Å². The fraction of sp³-hybridized carbons (Fsp3) is 0.308. The molecule has 7 nitrogen and oxygen atoms in total. The minimum absolute atomic E-state index is 0.0338. The van der Waals surface area contributed by atoms with Gasteiger partial charge in [-0.15, -0.1) is 0 Å². The highest BCUT2D eigenvalue weighted by atomic mass is 19.4. The van der Waals surface area contributed by atoms with Crippen LogP contribution >= 0.6 is 0 Å². The minimum atomic E-state index is -4.66. The molecule has 0 aliphatic rings. The number of nitrogens with two attached hydrogens (primary N) is 1. The van der Waals surface area contributed by atoms with Gasteiger partial charge in [0.05, 0.1) is 16.8 Å². The summed E-state index contributed by atoms with van der Waals surface area (Å²) in [5.41, 5.74) is 4.58. The van der Waals surface area contributed by atoms with Crippen LogP contribution < -0.4 is 11.1 Å². The van der Waals surface area contributed by atoms with Crippen LogP contribution in [0.4, 0.5) is 26.3 Å². The number of H-pyrrole nitrogens is 1. The summed E-state index contributed by atoms with van der Waals surface area (Å²) in [6.07, 6.45) is -6.14. The van der Waals surface area contributed by atoms with E-state index in [1.165, 1.54) is 36.5 Å². The summed E-state index contributed by atoms with van der Waals surface area (Å²) < 4.78 is 80.6. The van der Waals surface area contributed by atoms with Crippen molar-refractivity contribution < 1.29 is 31.1 Å². The first-order chi connectivity index (χ1) is 18.4. The second kappa shape index (κ2) is 11.0. The summed E-state index contributed by atoms with van der Waals surface area (Å²) in [7, 11) is 0. The van der Waals surface area contributed by atoms with Crippen molar-refractivity contribution in [3.05, 3.63) is 77.2 Å².